The highest BCUT2D eigenvalue weighted by molar-refractivity contribution is 7.10. The van der Waals surface area contributed by atoms with Gasteiger partial charge in [0.05, 0.1) is 12.3 Å². The largest absolute Gasteiger partial charge is 0.457 e. The van der Waals surface area contributed by atoms with E-state index in [2.05, 4.69) is 5.32 Å². The molecule has 0 saturated carbocycles. The van der Waals surface area contributed by atoms with Crippen LogP contribution in [0.2, 0.25) is 0 Å². The van der Waals surface area contributed by atoms with E-state index in [-0.39, 0.29) is 24.3 Å². The SMILES string of the molecule is C[C@H](NC(=O)COC(=O)c1ccco1)c1cccs1. The second-order valence-corrected chi connectivity index (χ2v) is 4.84. The molecule has 5 nitrogen and oxygen atoms in total. The first kappa shape index (κ1) is 13.4. The number of amides is 1. The van der Waals surface area contributed by atoms with E-state index in [1.165, 1.54) is 12.3 Å². The predicted molar refractivity (Wildman–Crippen MR) is 69.9 cm³/mol. The topological polar surface area (TPSA) is 68.5 Å². The molecule has 0 aliphatic rings. The molecule has 0 fully saturated rings. The molecule has 19 heavy (non-hydrogen) atoms. The van der Waals surface area contributed by atoms with Crippen LogP contribution < -0.4 is 5.32 Å². The van der Waals surface area contributed by atoms with E-state index in [4.69, 9.17) is 9.15 Å². The van der Waals surface area contributed by atoms with Gasteiger partial charge in [0.15, 0.2) is 6.61 Å². The number of hydrogen-bond acceptors (Lipinski definition) is 5. The van der Waals surface area contributed by atoms with Crippen molar-refractivity contribution in [2.75, 3.05) is 6.61 Å². The molecule has 1 N–H and O–H groups in total. The van der Waals surface area contributed by atoms with Crippen LogP contribution >= 0.6 is 11.3 Å². The standard InChI is InChI=1S/C13H13NO4S/c1-9(11-5-3-7-19-11)14-12(15)8-18-13(16)10-4-2-6-17-10/h2-7,9H,8H2,1H3,(H,14,15)/t9-/m0/s1. The monoisotopic (exact) mass is 279 g/mol. The molecule has 0 unspecified atom stereocenters. The van der Waals surface area contributed by atoms with Crippen LogP contribution in [0.25, 0.3) is 0 Å². The van der Waals surface area contributed by atoms with Crippen molar-refractivity contribution in [2.45, 2.75) is 13.0 Å². The van der Waals surface area contributed by atoms with Crippen molar-refractivity contribution in [1.82, 2.24) is 5.32 Å². The molecule has 2 aromatic heterocycles. The van der Waals surface area contributed by atoms with Gasteiger partial charge >= 0.3 is 5.97 Å². The molecule has 100 valence electrons. The summed E-state index contributed by atoms with van der Waals surface area (Å²) in [5, 5.41) is 4.69. The lowest BCUT2D eigenvalue weighted by atomic mass is 10.3. The highest BCUT2D eigenvalue weighted by Crippen LogP contribution is 2.17. The van der Waals surface area contributed by atoms with Crippen molar-refractivity contribution in [3.05, 3.63) is 46.5 Å². The Morgan fingerprint density at radius 2 is 2.26 bits per heavy atom. The number of hydrogen-bond donors (Lipinski definition) is 1. The van der Waals surface area contributed by atoms with E-state index in [9.17, 15) is 9.59 Å². The van der Waals surface area contributed by atoms with Gasteiger partial charge in [-0.2, -0.15) is 0 Å². The summed E-state index contributed by atoms with van der Waals surface area (Å²) in [7, 11) is 0. The fourth-order valence-electron chi connectivity index (χ4n) is 1.49. The van der Waals surface area contributed by atoms with Gasteiger partial charge in [0, 0.05) is 4.88 Å². The summed E-state index contributed by atoms with van der Waals surface area (Å²) in [4.78, 5) is 24.1. The van der Waals surface area contributed by atoms with Gasteiger partial charge in [0.1, 0.15) is 0 Å². The minimum atomic E-state index is -0.649. The molecule has 0 aromatic carbocycles. The Bertz CT molecular complexity index is 533. The van der Waals surface area contributed by atoms with Gasteiger partial charge in [-0.1, -0.05) is 6.07 Å². The summed E-state index contributed by atoms with van der Waals surface area (Å²) >= 11 is 1.56. The maximum atomic E-state index is 11.6. The van der Waals surface area contributed by atoms with Crippen molar-refractivity contribution in [1.29, 1.82) is 0 Å². The molecule has 0 radical (unpaired) electrons. The number of carbonyl (C=O) groups excluding carboxylic acids is 2. The number of rotatable bonds is 5. The van der Waals surface area contributed by atoms with E-state index >= 15 is 0 Å². The summed E-state index contributed by atoms with van der Waals surface area (Å²) in [6.45, 7) is 1.55. The van der Waals surface area contributed by atoms with Gasteiger partial charge in [-0.25, -0.2) is 4.79 Å². The minimum absolute atomic E-state index is 0.0825. The molecule has 6 heteroatoms. The number of esters is 1. The average molecular weight is 279 g/mol. The summed E-state index contributed by atoms with van der Waals surface area (Å²) in [5.74, 6) is -0.913. The Kier molecular flexibility index (Phi) is 4.35. The zero-order chi connectivity index (χ0) is 13.7. The van der Waals surface area contributed by atoms with E-state index in [1.807, 2.05) is 24.4 Å². The molecule has 2 aromatic rings. The van der Waals surface area contributed by atoms with Crippen molar-refractivity contribution >= 4 is 23.2 Å². The quantitative estimate of drug-likeness (QED) is 0.853. The third-order valence-corrected chi connectivity index (χ3v) is 3.46. The fourth-order valence-corrected chi connectivity index (χ4v) is 2.22. The summed E-state index contributed by atoms with van der Waals surface area (Å²) in [5.41, 5.74) is 0. The van der Waals surface area contributed by atoms with E-state index < -0.39 is 5.97 Å². The molecule has 2 rings (SSSR count). The first-order valence-corrected chi connectivity index (χ1v) is 6.58. The average Bonchev–Trinajstić information content (AvgIpc) is 3.07. The number of carbonyl (C=O) groups is 2. The third-order valence-electron chi connectivity index (χ3n) is 2.40. The van der Waals surface area contributed by atoms with E-state index in [0.29, 0.717) is 0 Å². The molecule has 2 heterocycles. The molecule has 1 atom stereocenters. The number of thiophene rings is 1. The number of ether oxygens (including phenoxy) is 1. The smallest absolute Gasteiger partial charge is 0.374 e. The lowest BCUT2D eigenvalue weighted by Crippen LogP contribution is -2.30. The summed E-state index contributed by atoms with van der Waals surface area (Å²) < 4.78 is 9.69. The van der Waals surface area contributed by atoms with Gasteiger partial charge in [-0.15, -0.1) is 11.3 Å². The molecular formula is C13H13NO4S. The van der Waals surface area contributed by atoms with Crippen LogP contribution in [0, 0.1) is 0 Å². The van der Waals surface area contributed by atoms with Crippen LogP contribution in [0.15, 0.2) is 40.3 Å². The zero-order valence-corrected chi connectivity index (χ0v) is 11.1. The van der Waals surface area contributed by atoms with E-state index in [1.54, 1.807) is 17.4 Å². The molecule has 0 spiro atoms. The minimum Gasteiger partial charge on any atom is -0.457 e. The molecule has 0 aliphatic heterocycles. The van der Waals surface area contributed by atoms with Gasteiger partial charge in [-0.3, -0.25) is 4.79 Å². The Balaban J connectivity index is 1.77. The van der Waals surface area contributed by atoms with E-state index in [0.717, 1.165) is 4.88 Å². The highest BCUT2D eigenvalue weighted by Gasteiger charge is 2.14. The normalized spacial score (nSPS) is 11.8. The van der Waals surface area contributed by atoms with Crippen molar-refractivity contribution < 1.29 is 18.7 Å². The number of furan rings is 1. The first-order valence-electron chi connectivity index (χ1n) is 5.70. The first-order chi connectivity index (χ1) is 9.16. The van der Waals surface area contributed by atoms with Gasteiger partial charge in [0.2, 0.25) is 5.76 Å². The molecule has 0 aliphatic carbocycles. The van der Waals surface area contributed by atoms with Crippen molar-refractivity contribution in [2.24, 2.45) is 0 Å². The zero-order valence-electron chi connectivity index (χ0n) is 10.3. The maximum absolute atomic E-state index is 11.6. The van der Waals surface area contributed by atoms with Crippen LogP contribution in [0.3, 0.4) is 0 Å². The maximum Gasteiger partial charge on any atom is 0.374 e. The second kappa shape index (κ2) is 6.19. The summed E-state index contributed by atoms with van der Waals surface area (Å²) in [6.07, 6.45) is 1.37. The van der Waals surface area contributed by atoms with Crippen LogP contribution in [-0.2, 0) is 9.53 Å². The third kappa shape index (κ3) is 3.69. The predicted octanol–water partition coefficient (Wildman–Crippen LogP) is 2.38. The van der Waals surface area contributed by atoms with Crippen LogP contribution in [0.4, 0.5) is 0 Å². The Morgan fingerprint density at radius 3 is 2.89 bits per heavy atom. The molecular weight excluding hydrogens is 266 g/mol. The lowest BCUT2D eigenvalue weighted by molar-refractivity contribution is -0.124. The van der Waals surface area contributed by atoms with Crippen molar-refractivity contribution in [3.8, 4) is 0 Å². The lowest BCUT2D eigenvalue weighted by Gasteiger charge is -2.11. The Hall–Kier alpha value is -2.08. The second-order valence-electron chi connectivity index (χ2n) is 3.86. The Labute approximate surface area is 114 Å². The van der Waals surface area contributed by atoms with Crippen LogP contribution in [0.5, 0.6) is 0 Å². The summed E-state index contributed by atoms with van der Waals surface area (Å²) in [6, 6.07) is 6.81. The molecule has 0 saturated heterocycles. The van der Waals surface area contributed by atoms with Gasteiger partial charge in [0.25, 0.3) is 5.91 Å². The van der Waals surface area contributed by atoms with Crippen LogP contribution in [0.1, 0.15) is 28.4 Å². The van der Waals surface area contributed by atoms with Gasteiger partial charge in [-0.05, 0) is 30.5 Å². The highest BCUT2D eigenvalue weighted by atomic mass is 32.1. The number of nitrogens with one attached hydrogen (secondary N) is 1. The molecule has 0 bridgehead atoms. The molecule has 1 amide bonds. The fraction of sp³-hybridized carbons (Fsp3) is 0.231. The van der Waals surface area contributed by atoms with Crippen molar-refractivity contribution in [3.63, 3.8) is 0 Å². The Morgan fingerprint density at radius 1 is 1.42 bits per heavy atom. The van der Waals surface area contributed by atoms with Crippen LogP contribution in [-0.4, -0.2) is 18.5 Å². The van der Waals surface area contributed by atoms with Gasteiger partial charge < -0.3 is 14.5 Å².